The Kier molecular flexibility index (Phi) is 3.27. The van der Waals surface area contributed by atoms with Crippen LogP contribution in [0, 0.1) is 0 Å². The van der Waals surface area contributed by atoms with E-state index in [0.717, 1.165) is 12.8 Å². The summed E-state index contributed by atoms with van der Waals surface area (Å²) in [4.78, 5) is 10.6. The Morgan fingerprint density at radius 3 is 2.85 bits per heavy atom. The number of β-amino-alcohol motifs (C(OH)–C–C–N with tert-alkyl or cyclic N) is 1. The van der Waals surface area contributed by atoms with Crippen LogP contribution in [-0.2, 0) is 4.79 Å². The van der Waals surface area contributed by atoms with E-state index in [-0.39, 0.29) is 0 Å². The summed E-state index contributed by atoms with van der Waals surface area (Å²) in [7, 11) is 0. The molecule has 0 aromatic carbocycles. The molecule has 2 atom stereocenters. The molecule has 1 aliphatic rings. The van der Waals surface area contributed by atoms with Crippen LogP contribution in [0.15, 0.2) is 0 Å². The predicted octanol–water partition coefficient (Wildman–Crippen LogP) is 0.354. The van der Waals surface area contributed by atoms with Crippen LogP contribution in [0.2, 0.25) is 0 Å². The monoisotopic (exact) mass is 187 g/mol. The third-order valence-electron chi connectivity index (χ3n) is 2.56. The molecule has 0 aliphatic carbocycles. The number of hydrogen-bond acceptors (Lipinski definition) is 3. The molecule has 76 valence electrons. The van der Waals surface area contributed by atoms with Crippen LogP contribution in [0.25, 0.3) is 0 Å². The van der Waals surface area contributed by atoms with E-state index in [2.05, 4.69) is 12.2 Å². The first-order valence-corrected chi connectivity index (χ1v) is 4.76. The Balaban J connectivity index is 2.41. The van der Waals surface area contributed by atoms with Crippen molar-refractivity contribution in [3.8, 4) is 0 Å². The Labute approximate surface area is 78.0 Å². The number of carbonyl (C=O) groups is 1. The number of nitrogens with one attached hydrogen (secondary N) is 1. The predicted molar refractivity (Wildman–Crippen MR) is 48.5 cm³/mol. The van der Waals surface area contributed by atoms with E-state index < -0.39 is 17.6 Å². The molecule has 1 rings (SSSR count). The second-order valence-electron chi connectivity index (χ2n) is 3.80. The molecule has 4 nitrogen and oxygen atoms in total. The normalized spacial score (nSPS) is 33.5. The summed E-state index contributed by atoms with van der Waals surface area (Å²) in [5, 5.41) is 21.4. The quantitative estimate of drug-likeness (QED) is 0.594. The van der Waals surface area contributed by atoms with Crippen LogP contribution < -0.4 is 5.32 Å². The smallest absolute Gasteiger partial charge is 0.320 e. The van der Waals surface area contributed by atoms with Gasteiger partial charge in [-0.1, -0.05) is 19.8 Å². The second-order valence-corrected chi connectivity index (χ2v) is 3.80. The molecular weight excluding hydrogens is 170 g/mol. The van der Waals surface area contributed by atoms with Gasteiger partial charge < -0.3 is 15.5 Å². The highest BCUT2D eigenvalue weighted by Gasteiger charge is 2.39. The largest absolute Gasteiger partial charge is 0.480 e. The summed E-state index contributed by atoms with van der Waals surface area (Å²) >= 11 is 0. The number of aliphatic hydroxyl groups is 1. The minimum Gasteiger partial charge on any atom is -0.480 e. The van der Waals surface area contributed by atoms with Crippen molar-refractivity contribution >= 4 is 5.97 Å². The molecular formula is C9H17NO3. The van der Waals surface area contributed by atoms with Crippen LogP contribution in [0.4, 0.5) is 0 Å². The first-order valence-electron chi connectivity index (χ1n) is 4.76. The van der Waals surface area contributed by atoms with Gasteiger partial charge in [-0.25, -0.2) is 0 Å². The Bertz CT molecular complexity index is 195. The number of aliphatic carboxylic acids is 1. The fourth-order valence-electron chi connectivity index (χ4n) is 1.71. The minimum absolute atomic E-state index is 0.336. The van der Waals surface area contributed by atoms with Gasteiger partial charge in [0.05, 0.1) is 5.60 Å². The van der Waals surface area contributed by atoms with E-state index in [9.17, 15) is 9.90 Å². The minimum atomic E-state index is -0.868. The highest BCUT2D eigenvalue weighted by molar-refractivity contribution is 5.74. The zero-order chi connectivity index (χ0) is 9.90. The molecule has 1 heterocycles. The van der Waals surface area contributed by atoms with Crippen molar-refractivity contribution in [2.45, 2.75) is 44.2 Å². The van der Waals surface area contributed by atoms with Crippen LogP contribution in [0.5, 0.6) is 0 Å². The molecule has 1 saturated heterocycles. The van der Waals surface area contributed by atoms with E-state index in [1.165, 1.54) is 0 Å². The van der Waals surface area contributed by atoms with Crippen LogP contribution in [-0.4, -0.2) is 34.4 Å². The SMILES string of the molecule is CCCCC1(O)CN[C@H](C(=O)O)C1. The van der Waals surface area contributed by atoms with Gasteiger partial charge in [0.15, 0.2) is 0 Å². The van der Waals surface area contributed by atoms with Gasteiger partial charge in [0.1, 0.15) is 6.04 Å². The Morgan fingerprint density at radius 2 is 2.38 bits per heavy atom. The molecule has 0 aromatic heterocycles. The summed E-state index contributed by atoms with van der Waals surface area (Å²) in [6.45, 7) is 2.46. The molecule has 0 radical (unpaired) electrons. The second kappa shape index (κ2) is 4.07. The summed E-state index contributed by atoms with van der Waals surface area (Å²) in [5.74, 6) is -0.868. The Hall–Kier alpha value is -0.610. The average molecular weight is 187 g/mol. The fraction of sp³-hybridized carbons (Fsp3) is 0.889. The summed E-state index contributed by atoms with van der Waals surface area (Å²) < 4.78 is 0. The Morgan fingerprint density at radius 1 is 1.69 bits per heavy atom. The highest BCUT2D eigenvalue weighted by Crippen LogP contribution is 2.24. The van der Waals surface area contributed by atoms with Gasteiger partial charge in [0.25, 0.3) is 0 Å². The molecule has 3 N–H and O–H groups in total. The number of unbranched alkanes of at least 4 members (excludes halogenated alkanes) is 1. The number of carboxylic acids is 1. The van der Waals surface area contributed by atoms with Crippen molar-refractivity contribution in [3.63, 3.8) is 0 Å². The van der Waals surface area contributed by atoms with E-state index in [4.69, 9.17) is 5.11 Å². The van der Waals surface area contributed by atoms with Gasteiger partial charge in [0.2, 0.25) is 0 Å². The standard InChI is InChI=1S/C9H17NO3/c1-2-3-4-9(13)5-7(8(11)12)10-6-9/h7,10,13H,2-6H2,1H3,(H,11,12)/t7-,9?/m0/s1. The lowest BCUT2D eigenvalue weighted by molar-refractivity contribution is -0.139. The molecule has 0 bridgehead atoms. The molecule has 1 unspecified atom stereocenters. The third-order valence-corrected chi connectivity index (χ3v) is 2.56. The number of hydrogen-bond donors (Lipinski definition) is 3. The van der Waals surface area contributed by atoms with Crippen LogP contribution in [0.1, 0.15) is 32.6 Å². The van der Waals surface area contributed by atoms with Crippen LogP contribution >= 0.6 is 0 Å². The molecule has 0 saturated carbocycles. The van der Waals surface area contributed by atoms with Crippen molar-refractivity contribution in [1.82, 2.24) is 5.32 Å². The lowest BCUT2D eigenvalue weighted by Crippen LogP contribution is -2.31. The molecule has 0 amide bonds. The van der Waals surface area contributed by atoms with Crippen molar-refractivity contribution in [3.05, 3.63) is 0 Å². The summed E-state index contributed by atoms with van der Waals surface area (Å²) in [6.07, 6.45) is 3.01. The first kappa shape index (κ1) is 10.5. The maximum atomic E-state index is 10.6. The van der Waals surface area contributed by atoms with E-state index in [1.54, 1.807) is 0 Å². The zero-order valence-electron chi connectivity index (χ0n) is 7.92. The molecule has 0 spiro atoms. The molecule has 1 aliphatic heterocycles. The van der Waals surface area contributed by atoms with Crippen LogP contribution in [0.3, 0.4) is 0 Å². The van der Waals surface area contributed by atoms with Gasteiger partial charge >= 0.3 is 5.97 Å². The van der Waals surface area contributed by atoms with Gasteiger partial charge in [-0.15, -0.1) is 0 Å². The average Bonchev–Trinajstić information content (AvgIpc) is 2.46. The maximum Gasteiger partial charge on any atom is 0.320 e. The van der Waals surface area contributed by atoms with Crippen molar-refractivity contribution < 1.29 is 15.0 Å². The van der Waals surface area contributed by atoms with E-state index in [0.29, 0.717) is 19.4 Å². The van der Waals surface area contributed by atoms with E-state index >= 15 is 0 Å². The van der Waals surface area contributed by atoms with Crippen molar-refractivity contribution in [2.75, 3.05) is 6.54 Å². The summed E-state index contributed by atoms with van der Waals surface area (Å²) in [5.41, 5.74) is -0.793. The van der Waals surface area contributed by atoms with Gasteiger partial charge in [-0.3, -0.25) is 4.79 Å². The fourth-order valence-corrected chi connectivity index (χ4v) is 1.71. The maximum absolute atomic E-state index is 10.6. The third kappa shape index (κ3) is 2.67. The van der Waals surface area contributed by atoms with E-state index in [1.807, 2.05) is 0 Å². The summed E-state index contributed by atoms with van der Waals surface area (Å²) in [6, 6.07) is -0.568. The molecule has 13 heavy (non-hydrogen) atoms. The number of rotatable bonds is 4. The van der Waals surface area contributed by atoms with Gasteiger partial charge in [-0.05, 0) is 6.42 Å². The highest BCUT2D eigenvalue weighted by atomic mass is 16.4. The van der Waals surface area contributed by atoms with Gasteiger partial charge in [-0.2, -0.15) is 0 Å². The molecule has 4 heteroatoms. The first-order chi connectivity index (χ1) is 6.07. The number of carboxylic acid groups (broad SMARTS) is 1. The topological polar surface area (TPSA) is 69.6 Å². The lowest BCUT2D eigenvalue weighted by atomic mass is 9.94. The lowest BCUT2D eigenvalue weighted by Gasteiger charge is -2.20. The van der Waals surface area contributed by atoms with Crippen molar-refractivity contribution in [2.24, 2.45) is 0 Å². The molecule has 1 fully saturated rings. The molecule has 0 aromatic rings. The van der Waals surface area contributed by atoms with Gasteiger partial charge in [0, 0.05) is 13.0 Å². The zero-order valence-corrected chi connectivity index (χ0v) is 7.92. The van der Waals surface area contributed by atoms with Crippen molar-refractivity contribution in [1.29, 1.82) is 0 Å².